The predicted octanol–water partition coefficient (Wildman–Crippen LogP) is 5.50. The predicted molar refractivity (Wildman–Crippen MR) is 178 cm³/mol. The van der Waals surface area contributed by atoms with Gasteiger partial charge in [0.1, 0.15) is 12.1 Å². The Morgan fingerprint density at radius 2 is 1.55 bits per heavy atom. The Kier molecular flexibility index (Phi) is 10.8. The molecule has 1 unspecified atom stereocenters. The van der Waals surface area contributed by atoms with E-state index in [-0.39, 0.29) is 23.1 Å². The third-order valence-corrected chi connectivity index (χ3v) is 8.32. The summed E-state index contributed by atoms with van der Waals surface area (Å²) in [5.74, 6) is -0.514. The first-order chi connectivity index (χ1) is 20.8. The van der Waals surface area contributed by atoms with Crippen LogP contribution in [0.4, 0.5) is 0 Å². The molecule has 3 aromatic carbocycles. The summed E-state index contributed by atoms with van der Waals surface area (Å²) in [6.07, 6.45) is 2.50. The van der Waals surface area contributed by atoms with E-state index in [1.54, 1.807) is 4.90 Å². The maximum Gasteiger partial charge on any atom is 0.243 e. The minimum Gasteiger partial charge on any atom is -0.354 e. The van der Waals surface area contributed by atoms with E-state index in [1.165, 1.54) is 11.1 Å². The second kappa shape index (κ2) is 14.4. The average Bonchev–Trinajstić information content (AvgIpc) is 3.47. The van der Waals surface area contributed by atoms with Crippen molar-refractivity contribution < 1.29 is 14.4 Å². The molecule has 0 aromatic heterocycles. The molecule has 3 N–H and O–H groups in total. The van der Waals surface area contributed by atoms with Gasteiger partial charge in [0.2, 0.25) is 17.7 Å². The summed E-state index contributed by atoms with van der Waals surface area (Å²) in [6, 6.07) is 21.6. The second-order valence-electron chi connectivity index (χ2n) is 14.1. The summed E-state index contributed by atoms with van der Waals surface area (Å²) in [7, 11) is 0. The second-order valence-corrected chi connectivity index (χ2v) is 14.1. The lowest BCUT2D eigenvalue weighted by Crippen LogP contribution is -2.55. The van der Waals surface area contributed by atoms with Gasteiger partial charge in [-0.15, -0.1) is 0 Å². The summed E-state index contributed by atoms with van der Waals surface area (Å²) >= 11 is 0. The van der Waals surface area contributed by atoms with Crippen molar-refractivity contribution in [3.63, 3.8) is 0 Å². The quantitative estimate of drug-likeness (QED) is 0.255. The van der Waals surface area contributed by atoms with E-state index in [9.17, 15) is 14.4 Å². The van der Waals surface area contributed by atoms with Gasteiger partial charge in [-0.05, 0) is 58.7 Å². The molecule has 1 fully saturated rings. The van der Waals surface area contributed by atoms with E-state index in [2.05, 4.69) is 73.1 Å². The highest BCUT2D eigenvalue weighted by Gasteiger charge is 2.39. The first-order valence-electron chi connectivity index (χ1n) is 16.0. The monoisotopic (exact) mass is 598 g/mol. The molecule has 0 radical (unpaired) electrons. The number of nitrogens with one attached hydrogen (secondary N) is 3. The summed E-state index contributed by atoms with van der Waals surface area (Å²) in [4.78, 5) is 41.7. The van der Waals surface area contributed by atoms with Crippen molar-refractivity contribution in [3.8, 4) is 0 Å². The van der Waals surface area contributed by atoms with Crippen LogP contribution in [0.3, 0.4) is 0 Å². The van der Waals surface area contributed by atoms with Crippen molar-refractivity contribution in [2.24, 2.45) is 5.41 Å². The SMILES string of the molecule is CC(C)(C)C(=O)N1CCCC1C(=O)N[C@H](Cc1ccc2ccccc2c1)C(=O)NCCCNCc1ccc(C(C)(C)C)cc1. The zero-order chi connectivity index (χ0) is 31.9. The van der Waals surface area contributed by atoms with Gasteiger partial charge in [-0.1, -0.05) is 108 Å². The fourth-order valence-corrected chi connectivity index (χ4v) is 5.70. The maximum atomic E-state index is 13.5. The molecule has 236 valence electrons. The van der Waals surface area contributed by atoms with Gasteiger partial charge in [-0.25, -0.2) is 0 Å². The average molecular weight is 599 g/mol. The Hall–Kier alpha value is -3.71. The number of amides is 3. The number of likely N-dealkylation sites (tertiary alicyclic amines) is 1. The van der Waals surface area contributed by atoms with Gasteiger partial charge in [-0.2, -0.15) is 0 Å². The fourth-order valence-electron chi connectivity index (χ4n) is 5.70. The minimum atomic E-state index is -0.745. The molecule has 0 aliphatic carbocycles. The van der Waals surface area contributed by atoms with Crippen LogP contribution < -0.4 is 16.0 Å². The smallest absolute Gasteiger partial charge is 0.243 e. The minimum absolute atomic E-state index is 0.0386. The van der Waals surface area contributed by atoms with E-state index in [0.29, 0.717) is 25.9 Å². The number of carbonyl (C=O) groups is 3. The van der Waals surface area contributed by atoms with Crippen LogP contribution in [-0.2, 0) is 32.8 Å². The topological polar surface area (TPSA) is 90.5 Å². The van der Waals surface area contributed by atoms with E-state index >= 15 is 0 Å². The molecular weight excluding hydrogens is 548 g/mol. The van der Waals surface area contributed by atoms with Crippen molar-refractivity contribution >= 4 is 28.5 Å². The van der Waals surface area contributed by atoms with Gasteiger partial charge in [0, 0.05) is 31.5 Å². The fraction of sp³-hybridized carbons (Fsp3) is 0.486. The molecule has 0 spiro atoms. The van der Waals surface area contributed by atoms with E-state index in [1.807, 2.05) is 51.1 Å². The zero-order valence-electron chi connectivity index (χ0n) is 27.3. The number of hydrogen-bond acceptors (Lipinski definition) is 4. The van der Waals surface area contributed by atoms with Crippen LogP contribution in [0.2, 0.25) is 0 Å². The van der Waals surface area contributed by atoms with Crippen LogP contribution in [-0.4, -0.2) is 54.3 Å². The molecule has 4 rings (SSSR count). The van der Waals surface area contributed by atoms with Gasteiger partial charge >= 0.3 is 0 Å². The first-order valence-corrected chi connectivity index (χ1v) is 16.0. The molecule has 1 aliphatic rings. The lowest BCUT2D eigenvalue weighted by Gasteiger charge is -2.31. The molecule has 7 heteroatoms. The third kappa shape index (κ3) is 8.91. The van der Waals surface area contributed by atoms with Crippen LogP contribution in [0, 0.1) is 5.41 Å². The standard InChI is InChI=1S/C37H50N4O3/c1-36(2,3)30-18-15-26(16-19-30)25-38-20-10-21-39-33(42)31(24-27-14-17-28-11-7-8-12-29(28)23-27)40-34(43)32-13-9-22-41(32)35(44)37(4,5)6/h7-8,11-12,14-19,23,31-32,38H,9-10,13,20-22,24-25H2,1-6H3,(H,39,42)(H,40,43)/t31-,32?/m1/s1. The molecule has 3 amide bonds. The summed E-state index contributed by atoms with van der Waals surface area (Å²) in [5.41, 5.74) is 3.07. The highest BCUT2D eigenvalue weighted by Crippen LogP contribution is 2.26. The number of rotatable bonds is 11. The maximum absolute atomic E-state index is 13.5. The van der Waals surface area contributed by atoms with Gasteiger partial charge in [-0.3, -0.25) is 14.4 Å². The largest absolute Gasteiger partial charge is 0.354 e. The number of fused-ring (bicyclic) bond motifs is 1. The van der Waals surface area contributed by atoms with Crippen LogP contribution in [0.5, 0.6) is 0 Å². The zero-order valence-corrected chi connectivity index (χ0v) is 27.3. The van der Waals surface area contributed by atoms with Crippen molar-refractivity contribution in [3.05, 3.63) is 83.4 Å². The molecular formula is C37H50N4O3. The molecule has 1 aliphatic heterocycles. The number of carbonyl (C=O) groups excluding carboxylic acids is 3. The number of hydrogen-bond donors (Lipinski definition) is 3. The lowest BCUT2D eigenvalue weighted by molar-refractivity contribution is -0.145. The van der Waals surface area contributed by atoms with Gasteiger partial charge in [0.25, 0.3) is 0 Å². The first kappa shape index (κ1) is 33.2. The van der Waals surface area contributed by atoms with Crippen molar-refractivity contribution in [2.45, 2.75) is 91.3 Å². The number of nitrogens with zero attached hydrogens (tertiary/aromatic N) is 1. The Labute approximate surface area is 263 Å². The van der Waals surface area contributed by atoms with Gasteiger partial charge in [0.05, 0.1) is 0 Å². The summed E-state index contributed by atoms with van der Waals surface area (Å²) in [6.45, 7) is 14.8. The van der Waals surface area contributed by atoms with Crippen molar-refractivity contribution in [2.75, 3.05) is 19.6 Å². The van der Waals surface area contributed by atoms with Crippen molar-refractivity contribution in [1.29, 1.82) is 0 Å². The number of benzene rings is 3. The van der Waals surface area contributed by atoms with Crippen molar-refractivity contribution in [1.82, 2.24) is 20.9 Å². The van der Waals surface area contributed by atoms with Crippen LogP contribution in [0.25, 0.3) is 10.8 Å². The van der Waals surface area contributed by atoms with Crippen LogP contribution >= 0.6 is 0 Å². The Bertz CT molecular complexity index is 1440. The van der Waals surface area contributed by atoms with Crippen LogP contribution in [0.1, 0.15) is 77.5 Å². The Balaban J connectivity index is 1.35. The molecule has 0 bridgehead atoms. The van der Waals surface area contributed by atoms with E-state index in [4.69, 9.17) is 0 Å². The molecule has 3 aromatic rings. The molecule has 1 heterocycles. The summed E-state index contributed by atoms with van der Waals surface area (Å²) in [5, 5.41) is 11.7. The van der Waals surface area contributed by atoms with Crippen LogP contribution in [0.15, 0.2) is 66.7 Å². The Morgan fingerprint density at radius 3 is 2.23 bits per heavy atom. The normalized spacial score (nSPS) is 16.1. The molecule has 1 saturated heterocycles. The molecule has 44 heavy (non-hydrogen) atoms. The highest BCUT2D eigenvalue weighted by molar-refractivity contribution is 5.93. The van der Waals surface area contributed by atoms with E-state index in [0.717, 1.165) is 42.3 Å². The molecule has 7 nitrogen and oxygen atoms in total. The van der Waals surface area contributed by atoms with Gasteiger partial charge in [0.15, 0.2) is 0 Å². The third-order valence-electron chi connectivity index (χ3n) is 8.32. The molecule has 2 atom stereocenters. The van der Waals surface area contributed by atoms with E-state index < -0.39 is 17.5 Å². The molecule has 0 saturated carbocycles. The highest BCUT2D eigenvalue weighted by atomic mass is 16.2. The van der Waals surface area contributed by atoms with Gasteiger partial charge < -0.3 is 20.9 Å². The lowest BCUT2D eigenvalue weighted by atomic mass is 9.87. The summed E-state index contributed by atoms with van der Waals surface area (Å²) < 4.78 is 0. The Morgan fingerprint density at radius 1 is 0.864 bits per heavy atom.